The SMILES string of the molecule is CCCCCCCCCCCCCCCCCN(CCCCCCCCCCCCCCCCC)P(=O)(O)OCC. The third-order valence-corrected chi connectivity index (χ3v) is 10.4. The summed E-state index contributed by atoms with van der Waals surface area (Å²) in [5.41, 5.74) is 0. The van der Waals surface area contributed by atoms with Crippen LogP contribution in [0.5, 0.6) is 0 Å². The average molecular weight is 602 g/mol. The Kier molecular flexibility index (Phi) is 33.1. The standard InChI is InChI=1S/C36H76NO3P/c1-4-7-9-11-13-15-17-19-21-23-25-27-29-31-33-35-37(41(38,39)40-6-3)36-34-32-30-28-26-24-22-20-18-16-14-12-10-8-5-2/h4-36H2,1-3H3,(H,38,39). The zero-order valence-electron chi connectivity index (χ0n) is 28.5. The summed E-state index contributed by atoms with van der Waals surface area (Å²) >= 11 is 0. The van der Waals surface area contributed by atoms with Gasteiger partial charge >= 0.3 is 7.75 Å². The molecule has 0 aromatic heterocycles. The molecule has 0 aliphatic heterocycles. The van der Waals surface area contributed by atoms with Crippen LogP contribution in [0.15, 0.2) is 0 Å². The van der Waals surface area contributed by atoms with E-state index < -0.39 is 7.75 Å². The maximum absolute atomic E-state index is 12.7. The second-order valence-electron chi connectivity index (χ2n) is 12.8. The van der Waals surface area contributed by atoms with Crippen LogP contribution >= 0.6 is 7.75 Å². The molecule has 248 valence electrons. The monoisotopic (exact) mass is 602 g/mol. The van der Waals surface area contributed by atoms with E-state index in [1.54, 1.807) is 4.67 Å². The van der Waals surface area contributed by atoms with Crippen molar-refractivity contribution in [2.45, 2.75) is 213 Å². The van der Waals surface area contributed by atoms with E-state index in [0.717, 1.165) is 25.7 Å². The van der Waals surface area contributed by atoms with Crippen LogP contribution in [0.1, 0.15) is 213 Å². The lowest BCUT2D eigenvalue weighted by atomic mass is 10.0. The molecule has 1 N–H and O–H groups in total. The van der Waals surface area contributed by atoms with E-state index in [0.29, 0.717) is 19.7 Å². The normalized spacial score (nSPS) is 13.3. The summed E-state index contributed by atoms with van der Waals surface area (Å²) in [7, 11) is -3.65. The molecule has 0 saturated heterocycles. The summed E-state index contributed by atoms with van der Waals surface area (Å²) in [5.74, 6) is 0. The van der Waals surface area contributed by atoms with Gasteiger partial charge in [-0.25, -0.2) is 9.24 Å². The molecule has 41 heavy (non-hydrogen) atoms. The molecule has 0 saturated carbocycles. The van der Waals surface area contributed by atoms with Crippen molar-refractivity contribution in [2.24, 2.45) is 0 Å². The van der Waals surface area contributed by atoms with Gasteiger partial charge in [-0.3, -0.25) is 4.52 Å². The molecule has 0 fully saturated rings. The highest BCUT2D eigenvalue weighted by Gasteiger charge is 2.28. The van der Waals surface area contributed by atoms with Crippen LogP contribution in [-0.2, 0) is 9.09 Å². The molecule has 0 aromatic rings. The number of hydrogen-bond donors (Lipinski definition) is 1. The first-order valence-electron chi connectivity index (χ1n) is 18.8. The van der Waals surface area contributed by atoms with Crippen LogP contribution in [0.4, 0.5) is 0 Å². The van der Waals surface area contributed by atoms with Gasteiger partial charge in [-0.1, -0.05) is 194 Å². The first-order chi connectivity index (χ1) is 20.1. The summed E-state index contributed by atoms with van der Waals surface area (Å²) < 4.78 is 19.8. The first-order valence-corrected chi connectivity index (χ1v) is 20.3. The molecule has 1 unspecified atom stereocenters. The average Bonchev–Trinajstić information content (AvgIpc) is 2.95. The molecule has 0 radical (unpaired) electrons. The van der Waals surface area contributed by atoms with Gasteiger partial charge in [0.25, 0.3) is 0 Å². The molecule has 0 aliphatic rings. The smallest absolute Gasteiger partial charge is 0.312 e. The number of unbranched alkanes of at least 4 members (excludes halogenated alkanes) is 28. The van der Waals surface area contributed by atoms with Crippen molar-refractivity contribution in [1.29, 1.82) is 0 Å². The third kappa shape index (κ3) is 29.9. The molecule has 0 bridgehead atoms. The molecule has 0 heterocycles. The van der Waals surface area contributed by atoms with Gasteiger partial charge in [-0.15, -0.1) is 0 Å². The predicted molar refractivity (Wildman–Crippen MR) is 183 cm³/mol. The van der Waals surface area contributed by atoms with Crippen molar-refractivity contribution in [1.82, 2.24) is 4.67 Å². The molecule has 0 aliphatic carbocycles. The molecule has 0 aromatic carbocycles. The zero-order chi connectivity index (χ0) is 30.1. The highest BCUT2D eigenvalue weighted by atomic mass is 31.2. The lowest BCUT2D eigenvalue weighted by Gasteiger charge is -2.26. The largest absolute Gasteiger partial charge is 0.405 e. The van der Waals surface area contributed by atoms with Gasteiger partial charge in [0.2, 0.25) is 0 Å². The second kappa shape index (κ2) is 33.0. The Labute approximate surface area is 259 Å². The first kappa shape index (κ1) is 41.1. The number of rotatable bonds is 35. The molecule has 0 rings (SSSR count). The van der Waals surface area contributed by atoms with E-state index in [1.165, 1.54) is 167 Å². The van der Waals surface area contributed by atoms with Crippen molar-refractivity contribution < 1.29 is 14.0 Å². The highest BCUT2D eigenvalue weighted by molar-refractivity contribution is 7.50. The summed E-state index contributed by atoms with van der Waals surface area (Å²) in [5, 5.41) is 0. The minimum absolute atomic E-state index is 0.294. The van der Waals surface area contributed by atoms with Crippen molar-refractivity contribution in [3.8, 4) is 0 Å². The van der Waals surface area contributed by atoms with E-state index in [1.807, 2.05) is 6.92 Å². The van der Waals surface area contributed by atoms with Crippen molar-refractivity contribution in [3.05, 3.63) is 0 Å². The molecule has 4 nitrogen and oxygen atoms in total. The van der Waals surface area contributed by atoms with Crippen LogP contribution in [0.3, 0.4) is 0 Å². The van der Waals surface area contributed by atoms with E-state index in [4.69, 9.17) is 4.52 Å². The molecule has 1 atom stereocenters. The minimum Gasteiger partial charge on any atom is -0.312 e. The van der Waals surface area contributed by atoms with Gasteiger partial charge < -0.3 is 4.89 Å². The number of hydrogen-bond acceptors (Lipinski definition) is 2. The fourth-order valence-electron chi connectivity index (χ4n) is 5.95. The summed E-state index contributed by atoms with van der Waals surface area (Å²) in [6.07, 6.45) is 40.2. The molecule has 0 spiro atoms. The Hall–Kier alpha value is 0.110. The van der Waals surface area contributed by atoms with Crippen molar-refractivity contribution in [2.75, 3.05) is 19.7 Å². The van der Waals surface area contributed by atoms with Crippen molar-refractivity contribution in [3.63, 3.8) is 0 Å². The van der Waals surface area contributed by atoms with Gasteiger partial charge in [-0.2, -0.15) is 0 Å². The fourth-order valence-corrected chi connectivity index (χ4v) is 7.23. The van der Waals surface area contributed by atoms with Crippen LogP contribution in [0.25, 0.3) is 0 Å². The quantitative estimate of drug-likeness (QED) is 0.0580. The Bertz CT molecular complexity index is 511. The van der Waals surface area contributed by atoms with Gasteiger partial charge in [0.05, 0.1) is 6.61 Å². The Morgan fingerprint density at radius 3 is 0.854 bits per heavy atom. The van der Waals surface area contributed by atoms with Crippen molar-refractivity contribution >= 4 is 7.75 Å². The lowest BCUT2D eigenvalue weighted by Crippen LogP contribution is -2.24. The molecule has 5 heteroatoms. The van der Waals surface area contributed by atoms with Crippen LogP contribution in [-0.4, -0.2) is 29.3 Å². The Morgan fingerprint density at radius 2 is 0.634 bits per heavy atom. The molecule has 0 amide bonds. The van der Waals surface area contributed by atoms with E-state index in [-0.39, 0.29) is 0 Å². The van der Waals surface area contributed by atoms with Crippen LogP contribution in [0, 0.1) is 0 Å². The fraction of sp³-hybridized carbons (Fsp3) is 1.00. The topological polar surface area (TPSA) is 49.8 Å². The zero-order valence-corrected chi connectivity index (χ0v) is 29.4. The van der Waals surface area contributed by atoms with E-state index in [2.05, 4.69) is 13.8 Å². The summed E-state index contributed by atoms with van der Waals surface area (Å²) in [6.45, 7) is 8.04. The minimum atomic E-state index is -3.65. The second-order valence-corrected chi connectivity index (χ2v) is 14.6. The highest BCUT2D eigenvalue weighted by Crippen LogP contribution is 2.46. The molecular formula is C36H76NO3P. The van der Waals surface area contributed by atoms with Gasteiger partial charge in [0, 0.05) is 13.1 Å². The predicted octanol–water partition coefficient (Wildman–Crippen LogP) is 13.2. The van der Waals surface area contributed by atoms with Gasteiger partial charge in [0.15, 0.2) is 0 Å². The van der Waals surface area contributed by atoms with Crippen LogP contribution in [0.2, 0.25) is 0 Å². The third-order valence-electron chi connectivity index (χ3n) is 8.69. The van der Waals surface area contributed by atoms with Crippen LogP contribution < -0.4 is 0 Å². The summed E-state index contributed by atoms with van der Waals surface area (Å²) in [6, 6.07) is 0. The lowest BCUT2D eigenvalue weighted by molar-refractivity contribution is 0.206. The summed E-state index contributed by atoms with van der Waals surface area (Å²) in [4.78, 5) is 10.5. The van der Waals surface area contributed by atoms with E-state index in [9.17, 15) is 9.46 Å². The van der Waals surface area contributed by atoms with E-state index >= 15 is 0 Å². The van der Waals surface area contributed by atoms with Gasteiger partial charge in [-0.05, 0) is 19.8 Å². The Balaban J connectivity index is 3.73. The number of nitrogens with zero attached hydrogens (tertiary/aromatic N) is 1. The maximum Gasteiger partial charge on any atom is 0.405 e. The Morgan fingerprint density at radius 1 is 0.415 bits per heavy atom. The molecular weight excluding hydrogens is 525 g/mol. The van der Waals surface area contributed by atoms with Gasteiger partial charge in [0.1, 0.15) is 0 Å². The maximum atomic E-state index is 12.7.